The molecule has 2 aromatic heterocycles. The maximum Gasteiger partial charge on any atom is 0.276 e. The molecule has 0 saturated heterocycles. The molecule has 4 rings (SSSR count). The molecule has 1 aliphatic carbocycles. The van der Waals surface area contributed by atoms with E-state index in [0.717, 1.165) is 37.1 Å². The van der Waals surface area contributed by atoms with Gasteiger partial charge in [0.25, 0.3) is 5.56 Å². The lowest BCUT2D eigenvalue weighted by Gasteiger charge is -2.31. The molecule has 142 valence electrons. The Hall–Kier alpha value is -2.37. The maximum absolute atomic E-state index is 12.9. The highest BCUT2D eigenvalue weighted by atomic mass is 35.5. The maximum atomic E-state index is 12.9. The molecular weight excluding hydrogens is 360 g/mol. The van der Waals surface area contributed by atoms with Crippen LogP contribution in [0, 0.1) is 6.92 Å². The number of likely N-dealkylation sites (N-methyl/N-ethyl adjacent to an activating group) is 1. The topological polar surface area (TPSA) is 53.9 Å². The largest absolute Gasteiger partial charge is 0.299 e. The summed E-state index contributed by atoms with van der Waals surface area (Å²) in [6, 6.07) is 14.5. The van der Waals surface area contributed by atoms with Crippen LogP contribution in [0.25, 0.3) is 5.82 Å². The van der Waals surface area contributed by atoms with Crippen LogP contribution >= 0.6 is 12.4 Å². The summed E-state index contributed by atoms with van der Waals surface area (Å²) in [5.41, 5.74) is 4.66. The Labute approximate surface area is 165 Å². The molecule has 2 heterocycles. The zero-order valence-corrected chi connectivity index (χ0v) is 16.5. The number of hydrogen-bond donors (Lipinski definition) is 1. The van der Waals surface area contributed by atoms with Gasteiger partial charge in [-0.05, 0) is 56.5 Å². The Morgan fingerprint density at radius 1 is 1.22 bits per heavy atom. The van der Waals surface area contributed by atoms with E-state index in [9.17, 15) is 4.79 Å². The number of H-pyrrole nitrogens is 1. The third-order valence-electron chi connectivity index (χ3n) is 5.42. The first-order valence-corrected chi connectivity index (χ1v) is 9.12. The Balaban J connectivity index is 0.00000210. The van der Waals surface area contributed by atoms with Gasteiger partial charge in [-0.25, -0.2) is 9.67 Å². The molecule has 0 spiro atoms. The lowest BCUT2D eigenvalue weighted by Crippen LogP contribution is -2.37. The SMILES string of the molecule is Cc1ccccc1CN(C)C1CCc2[nH]n(-c3ccccn3)c(=O)c2C1.Cl. The van der Waals surface area contributed by atoms with Crippen LogP contribution in [-0.2, 0) is 19.4 Å². The molecule has 0 saturated carbocycles. The van der Waals surface area contributed by atoms with Gasteiger partial charge in [-0.15, -0.1) is 12.4 Å². The average molecular weight is 385 g/mol. The first-order chi connectivity index (χ1) is 12.6. The van der Waals surface area contributed by atoms with Crippen LogP contribution in [0.2, 0.25) is 0 Å². The van der Waals surface area contributed by atoms with Crippen LogP contribution in [-0.4, -0.2) is 32.8 Å². The molecule has 0 radical (unpaired) electrons. The van der Waals surface area contributed by atoms with E-state index in [-0.39, 0.29) is 18.0 Å². The van der Waals surface area contributed by atoms with Crippen molar-refractivity contribution in [3.05, 3.63) is 81.4 Å². The fraction of sp³-hybridized carbons (Fsp3) is 0.333. The predicted molar refractivity (Wildman–Crippen MR) is 110 cm³/mol. The molecule has 6 heteroatoms. The summed E-state index contributed by atoms with van der Waals surface area (Å²) >= 11 is 0. The van der Waals surface area contributed by atoms with Gasteiger partial charge in [0, 0.05) is 30.0 Å². The highest BCUT2D eigenvalue weighted by molar-refractivity contribution is 5.85. The molecule has 0 bridgehead atoms. The molecule has 1 atom stereocenters. The zero-order chi connectivity index (χ0) is 18.1. The molecule has 1 N–H and O–H groups in total. The van der Waals surface area contributed by atoms with Crippen LogP contribution in [0.3, 0.4) is 0 Å². The van der Waals surface area contributed by atoms with Gasteiger partial charge in [0.2, 0.25) is 0 Å². The summed E-state index contributed by atoms with van der Waals surface area (Å²) in [5, 5.41) is 3.26. The van der Waals surface area contributed by atoms with Gasteiger partial charge in [0.15, 0.2) is 5.82 Å². The fourth-order valence-corrected chi connectivity index (χ4v) is 3.79. The molecule has 3 aromatic rings. The number of nitrogens with zero attached hydrogens (tertiary/aromatic N) is 3. The number of benzene rings is 1. The van der Waals surface area contributed by atoms with Crippen LogP contribution in [0.4, 0.5) is 0 Å². The first kappa shape index (κ1) is 19.4. The Morgan fingerprint density at radius 3 is 2.74 bits per heavy atom. The number of halogens is 1. The van der Waals surface area contributed by atoms with Gasteiger partial charge in [0.1, 0.15) is 0 Å². The number of aromatic amines is 1. The van der Waals surface area contributed by atoms with Crippen molar-refractivity contribution < 1.29 is 0 Å². The monoisotopic (exact) mass is 384 g/mol. The quantitative estimate of drug-likeness (QED) is 0.751. The van der Waals surface area contributed by atoms with E-state index in [0.29, 0.717) is 11.9 Å². The molecule has 0 amide bonds. The van der Waals surface area contributed by atoms with Gasteiger partial charge in [-0.2, -0.15) is 0 Å². The normalized spacial score (nSPS) is 16.0. The minimum absolute atomic E-state index is 0. The highest BCUT2D eigenvalue weighted by Crippen LogP contribution is 2.23. The third-order valence-corrected chi connectivity index (χ3v) is 5.42. The second kappa shape index (κ2) is 8.11. The number of nitrogens with one attached hydrogen (secondary N) is 1. The summed E-state index contributed by atoms with van der Waals surface area (Å²) in [4.78, 5) is 19.5. The van der Waals surface area contributed by atoms with Crippen LogP contribution < -0.4 is 5.56 Å². The van der Waals surface area contributed by atoms with Crippen LogP contribution in [0.5, 0.6) is 0 Å². The van der Waals surface area contributed by atoms with Crippen molar-refractivity contribution in [2.75, 3.05) is 7.05 Å². The lowest BCUT2D eigenvalue weighted by atomic mass is 9.92. The number of aromatic nitrogens is 3. The molecule has 0 aliphatic heterocycles. The van der Waals surface area contributed by atoms with Crippen molar-refractivity contribution in [3.63, 3.8) is 0 Å². The summed E-state index contributed by atoms with van der Waals surface area (Å²) in [5.74, 6) is 0.650. The van der Waals surface area contributed by atoms with E-state index in [1.807, 2.05) is 18.2 Å². The zero-order valence-electron chi connectivity index (χ0n) is 15.7. The van der Waals surface area contributed by atoms with E-state index >= 15 is 0 Å². The highest BCUT2D eigenvalue weighted by Gasteiger charge is 2.27. The molecule has 0 fully saturated rings. The van der Waals surface area contributed by atoms with Crippen molar-refractivity contribution >= 4 is 12.4 Å². The van der Waals surface area contributed by atoms with Crippen molar-refractivity contribution in [1.29, 1.82) is 0 Å². The number of fused-ring (bicyclic) bond motifs is 1. The van der Waals surface area contributed by atoms with E-state index in [1.165, 1.54) is 11.1 Å². The molecule has 1 aromatic carbocycles. The van der Waals surface area contributed by atoms with Crippen LogP contribution in [0.1, 0.15) is 28.8 Å². The minimum atomic E-state index is 0. The Kier molecular flexibility index (Phi) is 5.82. The molecular formula is C21H25ClN4O. The van der Waals surface area contributed by atoms with Crippen LogP contribution in [0.15, 0.2) is 53.5 Å². The van der Waals surface area contributed by atoms with Gasteiger partial charge in [0.05, 0.1) is 0 Å². The van der Waals surface area contributed by atoms with Crippen molar-refractivity contribution in [3.8, 4) is 5.82 Å². The second-order valence-corrected chi connectivity index (χ2v) is 7.14. The van der Waals surface area contributed by atoms with E-state index in [2.05, 4.69) is 53.2 Å². The number of aryl methyl sites for hydroxylation is 2. The summed E-state index contributed by atoms with van der Waals surface area (Å²) < 4.78 is 1.58. The van der Waals surface area contributed by atoms with E-state index in [1.54, 1.807) is 10.9 Å². The van der Waals surface area contributed by atoms with Gasteiger partial charge < -0.3 is 0 Å². The number of rotatable bonds is 4. The molecule has 5 nitrogen and oxygen atoms in total. The van der Waals surface area contributed by atoms with Crippen molar-refractivity contribution in [1.82, 2.24) is 19.7 Å². The average Bonchev–Trinajstić information content (AvgIpc) is 3.00. The van der Waals surface area contributed by atoms with Crippen molar-refractivity contribution in [2.24, 2.45) is 0 Å². The van der Waals surface area contributed by atoms with Gasteiger partial charge in [-0.3, -0.25) is 14.8 Å². The van der Waals surface area contributed by atoms with Crippen molar-refractivity contribution in [2.45, 2.75) is 38.8 Å². The smallest absolute Gasteiger partial charge is 0.276 e. The summed E-state index contributed by atoms with van der Waals surface area (Å²) in [6.07, 6.45) is 4.44. The first-order valence-electron chi connectivity index (χ1n) is 9.12. The fourth-order valence-electron chi connectivity index (χ4n) is 3.79. The predicted octanol–water partition coefficient (Wildman–Crippen LogP) is 3.28. The number of hydrogen-bond acceptors (Lipinski definition) is 3. The third kappa shape index (κ3) is 3.84. The molecule has 1 unspecified atom stereocenters. The van der Waals surface area contributed by atoms with E-state index in [4.69, 9.17) is 0 Å². The lowest BCUT2D eigenvalue weighted by molar-refractivity contribution is 0.213. The summed E-state index contributed by atoms with van der Waals surface area (Å²) in [6.45, 7) is 3.06. The Morgan fingerprint density at radius 2 is 2.00 bits per heavy atom. The number of pyridine rings is 1. The second-order valence-electron chi connectivity index (χ2n) is 7.14. The standard InChI is InChI=1S/C21H24N4O.ClH/c1-15-7-3-4-8-16(15)14-24(2)17-10-11-19-18(13-17)21(26)25(23-19)20-9-5-6-12-22-20;/h3-9,12,17,23H,10-11,13-14H2,1-2H3;1H. The Bertz CT molecular complexity index is 964. The molecule has 1 aliphatic rings. The minimum Gasteiger partial charge on any atom is -0.299 e. The van der Waals surface area contributed by atoms with Gasteiger partial charge in [-0.1, -0.05) is 30.3 Å². The van der Waals surface area contributed by atoms with Gasteiger partial charge >= 0.3 is 0 Å². The summed E-state index contributed by atoms with van der Waals surface area (Å²) in [7, 11) is 2.16. The molecule has 27 heavy (non-hydrogen) atoms. The van der Waals surface area contributed by atoms with E-state index < -0.39 is 0 Å².